The lowest BCUT2D eigenvalue weighted by Gasteiger charge is -2.29. The lowest BCUT2D eigenvalue weighted by molar-refractivity contribution is 0.388. The molecule has 0 aliphatic rings. The Morgan fingerprint density at radius 2 is 1.94 bits per heavy atom. The maximum absolute atomic E-state index is 13.3. The average Bonchev–Trinajstić information content (AvgIpc) is 2.37. The van der Waals surface area contributed by atoms with Gasteiger partial charge in [-0.25, -0.2) is 0 Å². The molecule has 1 rings (SSSR count). The lowest BCUT2D eigenvalue weighted by Crippen LogP contribution is -2.22. The molecule has 1 heterocycles. The molecule has 0 aliphatic carbocycles. The molecule has 18 heavy (non-hydrogen) atoms. The molecule has 1 aromatic heterocycles. The van der Waals surface area contributed by atoms with Crippen LogP contribution in [-0.2, 0) is 5.41 Å². The summed E-state index contributed by atoms with van der Waals surface area (Å²) in [6, 6.07) is 1.51. The molecule has 2 nitrogen and oxygen atoms in total. The van der Waals surface area contributed by atoms with Gasteiger partial charge in [-0.1, -0.05) is 46.5 Å². The van der Waals surface area contributed by atoms with Gasteiger partial charge in [-0.05, 0) is 39.8 Å². The van der Waals surface area contributed by atoms with E-state index in [1.54, 1.807) is 0 Å². The Morgan fingerprint density at radius 1 is 1.22 bits per heavy atom. The molecule has 1 unspecified atom stereocenters. The summed E-state index contributed by atoms with van der Waals surface area (Å²) in [4.78, 5) is 0. The minimum atomic E-state index is -0.499. The van der Waals surface area contributed by atoms with Gasteiger partial charge in [0, 0.05) is 6.07 Å². The number of unbranched alkanes of at least 4 members (excludes halogenated alkanes) is 3. The molecule has 0 bridgehead atoms. The standard InChI is InChI=1S/C14H22BrFN2/c1-4-6-7-8-9-14(3,5-2)11-10-12(16)17-18-13(11)15/h10H,4-9H2,1-3H3. The van der Waals surface area contributed by atoms with Gasteiger partial charge in [-0.15, -0.1) is 10.2 Å². The van der Waals surface area contributed by atoms with Crippen LogP contribution >= 0.6 is 15.9 Å². The molecule has 0 aromatic carbocycles. The van der Waals surface area contributed by atoms with Crippen LogP contribution in [0.1, 0.15) is 64.9 Å². The smallest absolute Gasteiger partial charge is 0.183 e. The molecule has 1 aromatic rings. The fraction of sp³-hybridized carbons (Fsp3) is 0.714. The van der Waals surface area contributed by atoms with Crippen molar-refractivity contribution in [1.29, 1.82) is 0 Å². The minimum absolute atomic E-state index is 0.0244. The predicted molar refractivity (Wildman–Crippen MR) is 76.1 cm³/mol. The Bertz CT molecular complexity index is 384. The third-order valence-corrected chi connectivity index (χ3v) is 4.32. The maximum atomic E-state index is 13.3. The number of hydrogen-bond donors (Lipinski definition) is 0. The second-order valence-corrected chi connectivity index (χ2v) is 5.85. The number of rotatable bonds is 7. The molecule has 0 fully saturated rings. The topological polar surface area (TPSA) is 25.8 Å². The van der Waals surface area contributed by atoms with Crippen molar-refractivity contribution in [3.05, 3.63) is 22.2 Å². The van der Waals surface area contributed by atoms with Crippen LogP contribution in [0.3, 0.4) is 0 Å². The third-order valence-electron chi connectivity index (χ3n) is 3.73. The van der Waals surface area contributed by atoms with Crippen LogP contribution in [0.5, 0.6) is 0 Å². The largest absolute Gasteiger partial charge is 0.233 e. The van der Waals surface area contributed by atoms with E-state index in [0.717, 1.165) is 18.4 Å². The first-order valence-electron chi connectivity index (χ1n) is 6.72. The van der Waals surface area contributed by atoms with E-state index in [-0.39, 0.29) is 5.41 Å². The summed E-state index contributed by atoms with van der Waals surface area (Å²) >= 11 is 3.39. The van der Waals surface area contributed by atoms with E-state index in [2.05, 4.69) is 46.9 Å². The van der Waals surface area contributed by atoms with E-state index in [1.807, 2.05) is 0 Å². The van der Waals surface area contributed by atoms with Crippen LogP contribution in [-0.4, -0.2) is 10.2 Å². The Labute approximate surface area is 118 Å². The number of aromatic nitrogens is 2. The second kappa shape index (κ2) is 7.17. The number of hydrogen-bond acceptors (Lipinski definition) is 2. The first kappa shape index (κ1) is 15.5. The predicted octanol–water partition coefficient (Wildman–Crippen LogP) is 5.02. The maximum Gasteiger partial charge on any atom is 0.233 e. The third kappa shape index (κ3) is 4.01. The van der Waals surface area contributed by atoms with Crippen molar-refractivity contribution in [2.75, 3.05) is 0 Å². The van der Waals surface area contributed by atoms with Gasteiger partial charge in [0.2, 0.25) is 5.95 Å². The SMILES string of the molecule is CCCCCCC(C)(CC)c1cc(F)nnc1Br. The van der Waals surface area contributed by atoms with E-state index in [1.165, 1.54) is 31.7 Å². The van der Waals surface area contributed by atoms with Gasteiger partial charge >= 0.3 is 0 Å². The Hall–Kier alpha value is -0.510. The highest BCUT2D eigenvalue weighted by atomic mass is 79.9. The zero-order valence-corrected chi connectivity index (χ0v) is 13.1. The molecular weight excluding hydrogens is 295 g/mol. The normalized spacial score (nSPS) is 14.5. The molecule has 0 N–H and O–H groups in total. The van der Waals surface area contributed by atoms with Crippen molar-refractivity contribution in [2.45, 2.75) is 64.7 Å². The highest BCUT2D eigenvalue weighted by molar-refractivity contribution is 9.10. The van der Waals surface area contributed by atoms with Crippen molar-refractivity contribution in [1.82, 2.24) is 10.2 Å². The van der Waals surface area contributed by atoms with Gasteiger partial charge in [0.25, 0.3) is 0 Å². The van der Waals surface area contributed by atoms with Crippen LogP contribution in [0.2, 0.25) is 0 Å². The van der Waals surface area contributed by atoms with E-state index in [9.17, 15) is 4.39 Å². The molecule has 0 spiro atoms. The van der Waals surface area contributed by atoms with Gasteiger partial charge in [-0.3, -0.25) is 0 Å². The lowest BCUT2D eigenvalue weighted by atomic mass is 9.77. The van der Waals surface area contributed by atoms with Crippen molar-refractivity contribution in [3.8, 4) is 0 Å². The zero-order chi connectivity index (χ0) is 13.6. The number of nitrogens with zero attached hydrogens (tertiary/aromatic N) is 2. The first-order chi connectivity index (χ1) is 8.53. The van der Waals surface area contributed by atoms with E-state index < -0.39 is 5.95 Å². The molecule has 0 saturated heterocycles. The Kier molecular flexibility index (Phi) is 6.19. The summed E-state index contributed by atoms with van der Waals surface area (Å²) in [6.07, 6.45) is 6.96. The van der Waals surface area contributed by atoms with Crippen LogP contribution in [0.15, 0.2) is 10.7 Å². The van der Waals surface area contributed by atoms with Crippen LogP contribution in [0, 0.1) is 5.95 Å². The Balaban J connectivity index is 2.82. The summed E-state index contributed by atoms with van der Waals surface area (Å²) in [7, 11) is 0. The quantitative estimate of drug-likeness (QED) is 0.660. The van der Waals surface area contributed by atoms with E-state index >= 15 is 0 Å². The Morgan fingerprint density at radius 3 is 2.56 bits per heavy atom. The van der Waals surface area contributed by atoms with Gasteiger partial charge in [-0.2, -0.15) is 4.39 Å². The summed E-state index contributed by atoms with van der Waals surface area (Å²) in [5, 5.41) is 7.26. The van der Waals surface area contributed by atoms with Crippen LogP contribution in [0.25, 0.3) is 0 Å². The van der Waals surface area contributed by atoms with Gasteiger partial charge in [0.15, 0.2) is 0 Å². The van der Waals surface area contributed by atoms with E-state index in [0.29, 0.717) is 4.60 Å². The molecular formula is C14H22BrFN2. The molecule has 0 amide bonds. The number of halogens is 2. The minimum Gasteiger partial charge on any atom is -0.183 e. The molecule has 4 heteroatoms. The zero-order valence-electron chi connectivity index (χ0n) is 11.5. The van der Waals surface area contributed by atoms with Crippen molar-refractivity contribution < 1.29 is 4.39 Å². The van der Waals surface area contributed by atoms with Crippen molar-refractivity contribution in [3.63, 3.8) is 0 Å². The van der Waals surface area contributed by atoms with Crippen LogP contribution < -0.4 is 0 Å². The van der Waals surface area contributed by atoms with E-state index in [4.69, 9.17) is 0 Å². The highest BCUT2D eigenvalue weighted by Crippen LogP contribution is 2.36. The summed E-state index contributed by atoms with van der Waals surface area (Å²) in [6.45, 7) is 6.53. The first-order valence-corrected chi connectivity index (χ1v) is 7.52. The molecule has 102 valence electrons. The monoisotopic (exact) mass is 316 g/mol. The molecule has 0 aliphatic heterocycles. The van der Waals surface area contributed by atoms with Gasteiger partial charge in [0.05, 0.1) is 0 Å². The van der Waals surface area contributed by atoms with Crippen molar-refractivity contribution >= 4 is 15.9 Å². The summed E-state index contributed by atoms with van der Waals surface area (Å²) in [5.41, 5.74) is 0.914. The summed E-state index contributed by atoms with van der Waals surface area (Å²) < 4.78 is 13.9. The van der Waals surface area contributed by atoms with Crippen molar-refractivity contribution in [2.24, 2.45) is 0 Å². The average molecular weight is 317 g/mol. The highest BCUT2D eigenvalue weighted by Gasteiger charge is 2.27. The fourth-order valence-corrected chi connectivity index (χ4v) is 2.89. The molecule has 0 radical (unpaired) electrons. The molecule has 0 saturated carbocycles. The van der Waals surface area contributed by atoms with Gasteiger partial charge in [0.1, 0.15) is 4.60 Å². The van der Waals surface area contributed by atoms with Crippen LogP contribution in [0.4, 0.5) is 4.39 Å². The summed E-state index contributed by atoms with van der Waals surface area (Å²) in [5.74, 6) is -0.499. The fourth-order valence-electron chi connectivity index (χ4n) is 2.22. The second-order valence-electron chi connectivity index (χ2n) is 5.10. The molecule has 1 atom stereocenters. The van der Waals surface area contributed by atoms with Gasteiger partial charge < -0.3 is 0 Å².